The smallest absolute Gasteiger partial charge is 0.303 e. The van der Waals surface area contributed by atoms with Crippen molar-refractivity contribution >= 4 is 17.6 Å². The second kappa shape index (κ2) is 12.4. The number of benzene rings is 1. The number of aliphatic hydroxyl groups excluding tert-OH is 2. The molecule has 0 heterocycles. The molecule has 3 N–H and O–H groups in total. The number of aliphatic carboxylic acids is 1. The van der Waals surface area contributed by atoms with Gasteiger partial charge in [0.15, 0.2) is 0 Å². The summed E-state index contributed by atoms with van der Waals surface area (Å²) in [4.78, 5) is 10.6. The summed E-state index contributed by atoms with van der Waals surface area (Å²) < 4.78 is 0. The lowest BCUT2D eigenvalue weighted by Gasteiger charge is -2.24. The van der Waals surface area contributed by atoms with Crippen LogP contribution < -0.4 is 0 Å². The van der Waals surface area contributed by atoms with Crippen LogP contribution in [0, 0.1) is 5.92 Å². The normalized spacial score (nSPS) is 25.5. The highest BCUT2D eigenvalue weighted by Gasteiger charge is 2.41. The number of carboxylic acids is 1. The average molecular weight is 423 g/mol. The largest absolute Gasteiger partial charge is 0.481 e. The number of alkyl halides is 1. The first-order valence-corrected chi connectivity index (χ1v) is 11.3. The number of unbranched alkanes of at least 4 members (excludes halogenated alkanes) is 3. The molecule has 0 bridgehead atoms. The van der Waals surface area contributed by atoms with E-state index in [0.717, 1.165) is 49.7 Å². The second-order valence-corrected chi connectivity index (χ2v) is 8.74. The van der Waals surface area contributed by atoms with Crippen LogP contribution in [0.5, 0.6) is 0 Å². The van der Waals surface area contributed by atoms with Crippen molar-refractivity contribution in [3.63, 3.8) is 0 Å². The number of halogens is 1. The maximum atomic E-state index is 10.7. The first-order chi connectivity index (χ1) is 13.9. The van der Waals surface area contributed by atoms with E-state index in [-0.39, 0.29) is 23.6 Å². The minimum absolute atomic E-state index is 0.0519. The zero-order valence-corrected chi connectivity index (χ0v) is 18.1. The molecule has 0 amide bonds. The van der Waals surface area contributed by atoms with Crippen LogP contribution in [0.15, 0.2) is 36.4 Å². The van der Waals surface area contributed by atoms with E-state index in [1.165, 1.54) is 0 Å². The summed E-state index contributed by atoms with van der Waals surface area (Å²) in [6, 6.07) is 7.97. The zero-order valence-electron chi connectivity index (χ0n) is 17.3. The molecule has 29 heavy (non-hydrogen) atoms. The Bertz CT molecular complexity index is 660. The molecule has 2 rings (SSSR count). The van der Waals surface area contributed by atoms with Gasteiger partial charge in [-0.3, -0.25) is 4.79 Å². The van der Waals surface area contributed by atoms with Crippen LogP contribution in [0.1, 0.15) is 87.9 Å². The van der Waals surface area contributed by atoms with E-state index in [2.05, 4.69) is 13.0 Å². The number of hydrogen-bond donors (Lipinski definition) is 3. The summed E-state index contributed by atoms with van der Waals surface area (Å²) in [5, 5.41) is 29.8. The summed E-state index contributed by atoms with van der Waals surface area (Å²) in [6.45, 7) is 2.15. The van der Waals surface area contributed by atoms with Gasteiger partial charge in [-0.2, -0.15) is 0 Å². The van der Waals surface area contributed by atoms with Crippen molar-refractivity contribution in [2.75, 3.05) is 0 Å². The van der Waals surface area contributed by atoms with Gasteiger partial charge >= 0.3 is 5.97 Å². The monoisotopic (exact) mass is 422 g/mol. The molecule has 4 nitrogen and oxygen atoms in total. The van der Waals surface area contributed by atoms with Gasteiger partial charge in [-0.25, -0.2) is 0 Å². The van der Waals surface area contributed by atoms with Gasteiger partial charge in [0.25, 0.3) is 0 Å². The molecule has 1 saturated carbocycles. The van der Waals surface area contributed by atoms with Crippen LogP contribution in [0.2, 0.25) is 0 Å². The Morgan fingerprint density at radius 1 is 1.28 bits per heavy atom. The highest BCUT2D eigenvalue weighted by atomic mass is 35.5. The van der Waals surface area contributed by atoms with Crippen molar-refractivity contribution in [1.82, 2.24) is 0 Å². The van der Waals surface area contributed by atoms with E-state index in [1.54, 1.807) is 0 Å². The van der Waals surface area contributed by atoms with Crippen LogP contribution in [0.4, 0.5) is 0 Å². The van der Waals surface area contributed by atoms with E-state index in [9.17, 15) is 15.0 Å². The molecular weight excluding hydrogens is 388 g/mol. The van der Waals surface area contributed by atoms with Crippen molar-refractivity contribution in [2.24, 2.45) is 5.92 Å². The summed E-state index contributed by atoms with van der Waals surface area (Å²) in [7, 11) is 0. The van der Waals surface area contributed by atoms with E-state index in [0.29, 0.717) is 12.8 Å². The molecule has 1 aromatic rings. The molecule has 1 unspecified atom stereocenters. The predicted molar refractivity (Wildman–Crippen MR) is 117 cm³/mol. The first-order valence-electron chi connectivity index (χ1n) is 10.9. The van der Waals surface area contributed by atoms with E-state index in [1.807, 2.05) is 30.3 Å². The Morgan fingerprint density at radius 2 is 2.07 bits per heavy atom. The minimum Gasteiger partial charge on any atom is -0.481 e. The standard InChI is InChI=1S/C24H35ClO4/c1-2-3-6-13-21(26)17-10-9-11-18(15-17)24-19(20(25)16-22(24)27)12-7-4-5-8-14-23(28)29/h4,7,9-11,15,19-22,24,26-27H,2-3,5-6,8,12-14,16H2,1H3,(H,28,29)/b7-4-/t19-,20-,21?,22+,24+/m0/s1. The molecular formula is C24H35ClO4. The lowest BCUT2D eigenvalue weighted by atomic mass is 9.84. The summed E-state index contributed by atoms with van der Waals surface area (Å²) in [6.07, 6.45) is 9.99. The van der Waals surface area contributed by atoms with E-state index >= 15 is 0 Å². The SMILES string of the molecule is CCCCCC(O)c1cccc([C@@H]2[C@@H](C/C=C\CCCC(=O)O)[C@@H](Cl)C[C@H]2O)c1. The van der Waals surface area contributed by atoms with Gasteiger partial charge in [0, 0.05) is 17.7 Å². The van der Waals surface area contributed by atoms with Gasteiger partial charge in [-0.05, 0) is 49.1 Å². The average Bonchev–Trinajstić information content (AvgIpc) is 2.97. The highest BCUT2D eigenvalue weighted by Crippen LogP contribution is 2.45. The Hall–Kier alpha value is -1.36. The van der Waals surface area contributed by atoms with Gasteiger partial charge in [0.1, 0.15) is 0 Å². The third kappa shape index (κ3) is 7.44. The first kappa shape index (κ1) is 23.9. The minimum atomic E-state index is -0.769. The van der Waals surface area contributed by atoms with Gasteiger partial charge in [-0.1, -0.05) is 62.6 Å². The van der Waals surface area contributed by atoms with Gasteiger partial charge in [0.05, 0.1) is 12.2 Å². The number of hydrogen-bond acceptors (Lipinski definition) is 3. The molecule has 1 fully saturated rings. The van der Waals surface area contributed by atoms with Crippen LogP contribution in [-0.2, 0) is 4.79 Å². The fourth-order valence-corrected chi connectivity index (χ4v) is 4.74. The van der Waals surface area contributed by atoms with Crippen molar-refractivity contribution < 1.29 is 20.1 Å². The second-order valence-electron chi connectivity index (χ2n) is 8.18. The third-order valence-electron chi connectivity index (χ3n) is 5.90. The van der Waals surface area contributed by atoms with Crippen molar-refractivity contribution in [2.45, 2.75) is 88.2 Å². The van der Waals surface area contributed by atoms with Crippen LogP contribution in [-0.4, -0.2) is 32.8 Å². The zero-order chi connectivity index (χ0) is 21.2. The van der Waals surface area contributed by atoms with Gasteiger partial charge in [0.2, 0.25) is 0 Å². The van der Waals surface area contributed by atoms with Crippen molar-refractivity contribution in [1.29, 1.82) is 0 Å². The molecule has 162 valence electrons. The fourth-order valence-electron chi connectivity index (χ4n) is 4.30. The highest BCUT2D eigenvalue weighted by molar-refractivity contribution is 6.21. The maximum Gasteiger partial charge on any atom is 0.303 e. The molecule has 1 aliphatic rings. The van der Waals surface area contributed by atoms with Crippen molar-refractivity contribution in [3.8, 4) is 0 Å². The molecule has 0 aliphatic heterocycles. The number of rotatable bonds is 12. The molecule has 5 heteroatoms. The van der Waals surface area contributed by atoms with Crippen molar-refractivity contribution in [3.05, 3.63) is 47.5 Å². The van der Waals surface area contributed by atoms with Gasteiger partial charge < -0.3 is 15.3 Å². The number of carbonyl (C=O) groups is 1. The Balaban J connectivity index is 2.03. The van der Waals surface area contributed by atoms with E-state index < -0.39 is 18.2 Å². The van der Waals surface area contributed by atoms with Crippen LogP contribution in [0.3, 0.4) is 0 Å². The molecule has 0 aromatic heterocycles. The number of aliphatic hydroxyl groups is 2. The fraction of sp³-hybridized carbons (Fsp3) is 0.625. The molecule has 5 atom stereocenters. The topological polar surface area (TPSA) is 77.8 Å². The lowest BCUT2D eigenvalue weighted by Crippen LogP contribution is -2.18. The van der Waals surface area contributed by atoms with Crippen LogP contribution in [0.25, 0.3) is 0 Å². The summed E-state index contributed by atoms with van der Waals surface area (Å²) in [5.41, 5.74) is 1.95. The molecule has 0 spiro atoms. The third-order valence-corrected chi connectivity index (χ3v) is 6.41. The Morgan fingerprint density at radius 3 is 2.79 bits per heavy atom. The van der Waals surface area contributed by atoms with E-state index in [4.69, 9.17) is 16.7 Å². The molecule has 1 aliphatic carbocycles. The molecule has 0 radical (unpaired) electrons. The molecule has 1 aromatic carbocycles. The van der Waals surface area contributed by atoms with Crippen LogP contribution >= 0.6 is 11.6 Å². The summed E-state index contributed by atoms with van der Waals surface area (Å²) >= 11 is 6.57. The Kier molecular flexibility index (Phi) is 10.2. The maximum absolute atomic E-state index is 10.7. The number of allylic oxidation sites excluding steroid dienone is 2. The predicted octanol–water partition coefficient (Wildman–Crippen LogP) is 5.57. The quantitative estimate of drug-likeness (QED) is 0.233. The summed E-state index contributed by atoms with van der Waals surface area (Å²) in [5.74, 6) is -0.700. The number of carboxylic acid groups (broad SMARTS) is 1. The van der Waals surface area contributed by atoms with Gasteiger partial charge in [-0.15, -0.1) is 11.6 Å². The lowest BCUT2D eigenvalue weighted by molar-refractivity contribution is -0.137. The Labute approximate surface area is 179 Å². The molecule has 0 saturated heterocycles.